The smallest absolute Gasteiger partial charge is 0.417 e. The Labute approximate surface area is 119 Å². The van der Waals surface area contributed by atoms with Gasteiger partial charge in [0.15, 0.2) is 0 Å². The molecule has 2 amide bonds. The lowest BCUT2D eigenvalue weighted by Crippen LogP contribution is -2.38. The SMILES string of the molecule is C=C(C)[C@H](CC)C(=O)N1C(=O)OC[C@@H]1c1ccccc1. The van der Waals surface area contributed by atoms with Gasteiger partial charge in [-0.2, -0.15) is 0 Å². The van der Waals surface area contributed by atoms with Gasteiger partial charge in [-0.1, -0.05) is 49.4 Å². The molecule has 106 valence electrons. The largest absolute Gasteiger partial charge is 0.446 e. The van der Waals surface area contributed by atoms with Crippen molar-refractivity contribution in [3.8, 4) is 0 Å². The van der Waals surface area contributed by atoms with Crippen LogP contribution >= 0.6 is 0 Å². The molecule has 1 fully saturated rings. The number of amides is 2. The van der Waals surface area contributed by atoms with Crippen molar-refractivity contribution in [2.24, 2.45) is 5.92 Å². The molecule has 0 bridgehead atoms. The van der Waals surface area contributed by atoms with Gasteiger partial charge in [0.05, 0.1) is 5.92 Å². The summed E-state index contributed by atoms with van der Waals surface area (Å²) in [5, 5.41) is 0. The average molecular weight is 273 g/mol. The van der Waals surface area contributed by atoms with Gasteiger partial charge in [0, 0.05) is 0 Å². The normalized spacial score (nSPS) is 19.6. The quantitative estimate of drug-likeness (QED) is 0.791. The van der Waals surface area contributed by atoms with E-state index in [-0.39, 0.29) is 24.5 Å². The lowest BCUT2D eigenvalue weighted by molar-refractivity contribution is -0.132. The maximum atomic E-state index is 12.6. The van der Waals surface area contributed by atoms with Crippen LogP contribution in [0.5, 0.6) is 0 Å². The highest BCUT2D eigenvalue weighted by atomic mass is 16.6. The summed E-state index contributed by atoms with van der Waals surface area (Å²) < 4.78 is 5.06. The number of carbonyl (C=O) groups is 2. The number of cyclic esters (lactones) is 1. The molecule has 4 nitrogen and oxygen atoms in total. The van der Waals surface area contributed by atoms with Crippen LogP contribution in [-0.4, -0.2) is 23.5 Å². The van der Waals surface area contributed by atoms with Crippen molar-refractivity contribution in [2.45, 2.75) is 26.3 Å². The molecule has 2 atom stereocenters. The molecule has 1 aliphatic rings. The molecule has 0 aromatic heterocycles. The molecule has 0 aliphatic carbocycles. The first kappa shape index (κ1) is 14.3. The molecule has 0 unspecified atom stereocenters. The first-order valence-electron chi connectivity index (χ1n) is 6.76. The maximum Gasteiger partial charge on any atom is 0.417 e. The van der Waals surface area contributed by atoms with E-state index < -0.39 is 6.09 Å². The molecular weight excluding hydrogens is 254 g/mol. The summed E-state index contributed by atoms with van der Waals surface area (Å²) in [6.45, 7) is 7.77. The van der Waals surface area contributed by atoms with Crippen LogP contribution in [-0.2, 0) is 9.53 Å². The average Bonchev–Trinajstić information content (AvgIpc) is 2.82. The third-order valence-electron chi connectivity index (χ3n) is 3.60. The topological polar surface area (TPSA) is 46.6 Å². The number of nitrogens with zero attached hydrogens (tertiary/aromatic N) is 1. The van der Waals surface area contributed by atoms with Crippen molar-refractivity contribution < 1.29 is 14.3 Å². The molecule has 2 rings (SSSR count). The van der Waals surface area contributed by atoms with E-state index in [1.807, 2.05) is 44.2 Å². The molecule has 1 aromatic carbocycles. The Morgan fingerprint density at radius 3 is 2.65 bits per heavy atom. The third-order valence-corrected chi connectivity index (χ3v) is 3.60. The van der Waals surface area contributed by atoms with Crippen LogP contribution < -0.4 is 0 Å². The van der Waals surface area contributed by atoms with Gasteiger partial charge < -0.3 is 4.74 Å². The van der Waals surface area contributed by atoms with Crippen LogP contribution in [0.3, 0.4) is 0 Å². The maximum absolute atomic E-state index is 12.6. The highest BCUT2D eigenvalue weighted by Gasteiger charge is 2.41. The first-order valence-corrected chi connectivity index (χ1v) is 6.76. The number of ether oxygens (including phenoxy) is 1. The minimum atomic E-state index is -0.566. The summed E-state index contributed by atoms with van der Waals surface area (Å²) >= 11 is 0. The number of hydrogen-bond donors (Lipinski definition) is 0. The Morgan fingerprint density at radius 2 is 2.10 bits per heavy atom. The van der Waals surface area contributed by atoms with Crippen LogP contribution in [0, 0.1) is 5.92 Å². The molecule has 0 N–H and O–H groups in total. The highest BCUT2D eigenvalue weighted by molar-refractivity contribution is 5.96. The Hall–Kier alpha value is -2.10. The van der Waals surface area contributed by atoms with Crippen molar-refractivity contribution in [3.05, 3.63) is 48.0 Å². The van der Waals surface area contributed by atoms with Gasteiger partial charge in [-0.3, -0.25) is 4.79 Å². The van der Waals surface area contributed by atoms with Gasteiger partial charge in [-0.05, 0) is 18.9 Å². The van der Waals surface area contributed by atoms with E-state index in [9.17, 15) is 9.59 Å². The standard InChI is InChI=1S/C16H19NO3/c1-4-13(11(2)3)15(18)17-14(10-20-16(17)19)12-8-6-5-7-9-12/h5-9,13-14H,2,4,10H2,1,3H3/t13-,14+/m0/s1. The lowest BCUT2D eigenvalue weighted by atomic mass is 9.96. The van der Waals surface area contributed by atoms with Gasteiger partial charge >= 0.3 is 6.09 Å². The minimum Gasteiger partial charge on any atom is -0.446 e. The highest BCUT2D eigenvalue weighted by Crippen LogP contribution is 2.30. The zero-order chi connectivity index (χ0) is 14.7. The van der Waals surface area contributed by atoms with E-state index in [0.717, 1.165) is 11.1 Å². The van der Waals surface area contributed by atoms with Gasteiger partial charge in [0.25, 0.3) is 0 Å². The Balaban J connectivity index is 2.29. The van der Waals surface area contributed by atoms with Crippen molar-refractivity contribution in [2.75, 3.05) is 6.61 Å². The lowest BCUT2D eigenvalue weighted by Gasteiger charge is -2.24. The number of benzene rings is 1. The van der Waals surface area contributed by atoms with E-state index >= 15 is 0 Å². The van der Waals surface area contributed by atoms with Crippen molar-refractivity contribution >= 4 is 12.0 Å². The van der Waals surface area contributed by atoms with E-state index in [1.54, 1.807) is 0 Å². The number of rotatable bonds is 4. The molecule has 1 heterocycles. The molecule has 1 saturated heterocycles. The summed E-state index contributed by atoms with van der Waals surface area (Å²) in [6.07, 6.45) is 0.0583. The fourth-order valence-corrected chi connectivity index (χ4v) is 2.49. The van der Waals surface area contributed by atoms with Gasteiger partial charge in [0.1, 0.15) is 12.6 Å². The second kappa shape index (κ2) is 5.90. The minimum absolute atomic E-state index is 0.210. The fourth-order valence-electron chi connectivity index (χ4n) is 2.49. The predicted molar refractivity (Wildman–Crippen MR) is 76.0 cm³/mol. The van der Waals surface area contributed by atoms with Crippen LogP contribution in [0.2, 0.25) is 0 Å². The van der Waals surface area contributed by atoms with Gasteiger partial charge in [-0.15, -0.1) is 0 Å². The van der Waals surface area contributed by atoms with Crippen LogP contribution in [0.15, 0.2) is 42.5 Å². The zero-order valence-corrected chi connectivity index (χ0v) is 11.8. The third kappa shape index (κ3) is 2.59. The monoisotopic (exact) mass is 273 g/mol. The number of carbonyl (C=O) groups excluding carboxylic acids is 2. The predicted octanol–water partition coefficient (Wildman–Crippen LogP) is 3.31. The summed E-state index contributed by atoms with van der Waals surface area (Å²) in [5.74, 6) is -0.566. The number of imide groups is 1. The van der Waals surface area contributed by atoms with Gasteiger partial charge in [0.2, 0.25) is 5.91 Å². The molecule has 0 saturated carbocycles. The molecular formula is C16H19NO3. The van der Waals surface area contributed by atoms with E-state index in [1.165, 1.54) is 4.90 Å². The molecule has 4 heteroatoms. The summed E-state index contributed by atoms with van der Waals surface area (Å²) in [5.41, 5.74) is 1.67. The van der Waals surface area contributed by atoms with Crippen LogP contribution in [0.4, 0.5) is 4.79 Å². The second-order valence-corrected chi connectivity index (χ2v) is 5.02. The summed E-state index contributed by atoms with van der Waals surface area (Å²) in [4.78, 5) is 25.7. The Morgan fingerprint density at radius 1 is 1.45 bits per heavy atom. The van der Waals surface area contributed by atoms with E-state index in [2.05, 4.69) is 6.58 Å². The second-order valence-electron chi connectivity index (χ2n) is 5.02. The number of hydrogen-bond acceptors (Lipinski definition) is 3. The fraction of sp³-hybridized carbons (Fsp3) is 0.375. The zero-order valence-electron chi connectivity index (χ0n) is 11.8. The first-order chi connectivity index (χ1) is 9.56. The molecule has 0 spiro atoms. The van der Waals surface area contributed by atoms with Crippen LogP contribution in [0.1, 0.15) is 31.9 Å². The van der Waals surface area contributed by atoms with Gasteiger partial charge in [-0.25, -0.2) is 9.69 Å². The van der Waals surface area contributed by atoms with Crippen molar-refractivity contribution in [1.82, 2.24) is 4.90 Å². The van der Waals surface area contributed by atoms with E-state index in [4.69, 9.17) is 4.74 Å². The molecule has 0 radical (unpaired) electrons. The van der Waals surface area contributed by atoms with Crippen molar-refractivity contribution in [3.63, 3.8) is 0 Å². The molecule has 1 aromatic rings. The molecule has 20 heavy (non-hydrogen) atoms. The molecule has 1 aliphatic heterocycles. The Bertz CT molecular complexity index is 524. The Kier molecular flexibility index (Phi) is 4.23. The van der Waals surface area contributed by atoms with Crippen molar-refractivity contribution in [1.29, 1.82) is 0 Å². The van der Waals surface area contributed by atoms with E-state index in [0.29, 0.717) is 6.42 Å². The van der Waals surface area contributed by atoms with Crippen LogP contribution in [0.25, 0.3) is 0 Å². The summed E-state index contributed by atoms with van der Waals surface area (Å²) in [6, 6.07) is 9.12. The summed E-state index contributed by atoms with van der Waals surface area (Å²) in [7, 11) is 0.